The average molecular weight is 316 g/mol. The first-order valence-corrected chi connectivity index (χ1v) is 8.03. The molecule has 0 aliphatic rings. The quantitative estimate of drug-likeness (QED) is 0.698. The molecule has 0 N–H and O–H groups in total. The van der Waals surface area contributed by atoms with E-state index in [0.29, 0.717) is 11.1 Å². The molecular formula is C18H28N4O. The van der Waals surface area contributed by atoms with Gasteiger partial charge in [-0.25, -0.2) is 0 Å². The van der Waals surface area contributed by atoms with Crippen LogP contribution in [-0.4, -0.2) is 75.0 Å². The number of carbonyl (C=O) groups is 1. The molecule has 23 heavy (non-hydrogen) atoms. The zero-order valence-corrected chi connectivity index (χ0v) is 14.7. The molecule has 0 heterocycles. The highest BCUT2D eigenvalue weighted by Gasteiger charge is 2.16. The van der Waals surface area contributed by atoms with E-state index in [9.17, 15) is 4.79 Å². The fourth-order valence-electron chi connectivity index (χ4n) is 2.37. The lowest BCUT2D eigenvalue weighted by Gasteiger charge is -2.24. The van der Waals surface area contributed by atoms with E-state index in [-0.39, 0.29) is 5.91 Å². The van der Waals surface area contributed by atoms with E-state index in [1.54, 1.807) is 24.3 Å². The van der Waals surface area contributed by atoms with Crippen molar-refractivity contribution in [3.8, 4) is 6.07 Å². The van der Waals surface area contributed by atoms with Crippen molar-refractivity contribution in [3.05, 3.63) is 35.4 Å². The van der Waals surface area contributed by atoms with Crippen LogP contribution >= 0.6 is 0 Å². The smallest absolute Gasteiger partial charge is 0.253 e. The van der Waals surface area contributed by atoms with E-state index in [1.165, 1.54) is 0 Å². The maximum absolute atomic E-state index is 12.8. The molecule has 1 rings (SSSR count). The van der Waals surface area contributed by atoms with Crippen molar-refractivity contribution in [2.24, 2.45) is 0 Å². The third kappa shape index (κ3) is 7.27. The summed E-state index contributed by atoms with van der Waals surface area (Å²) in [4.78, 5) is 18.9. The monoisotopic (exact) mass is 316 g/mol. The molecule has 0 aromatic heterocycles. The first-order valence-electron chi connectivity index (χ1n) is 8.03. The number of carbonyl (C=O) groups excluding carboxylic acids is 1. The van der Waals surface area contributed by atoms with E-state index in [0.717, 1.165) is 39.0 Å². The van der Waals surface area contributed by atoms with Gasteiger partial charge in [0.25, 0.3) is 5.91 Å². The van der Waals surface area contributed by atoms with Gasteiger partial charge in [-0.3, -0.25) is 4.79 Å². The van der Waals surface area contributed by atoms with Gasteiger partial charge in [0.05, 0.1) is 11.6 Å². The van der Waals surface area contributed by atoms with Crippen molar-refractivity contribution in [2.75, 3.05) is 54.4 Å². The highest BCUT2D eigenvalue weighted by Crippen LogP contribution is 2.09. The Labute approximate surface area is 140 Å². The highest BCUT2D eigenvalue weighted by molar-refractivity contribution is 5.94. The Balaban J connectivity index is 2.75. The summed E-state index contributed by atoms with van der Waals surface area (Å²) in [6, 6.07) is 9.04. The summed E-state index contributed by atoms with van der Waals surface area (Å²) < 4.78 is 0. The molecule has 0 radical (unpaired) electrons. The van der Waals surface area contributed by atoms with Gasteiger partial charge < -0.3 is 14.7 Å². The van der Waals surface area contributed by atoms with Crippen LogP contribution in [0.25, 0.3) is 0 Å². The van der Waals surface area contributed by atoms with E-state index in [4.69, 9.17) is 5.26 Å². The van der Waals surface area contributed by atoms with Gasteiger partial charge in [-0.2, -0.15) is 5.26 Å². The van der Waals surface area contributed by atoms with Crippen molar-refractivity contribution in [1.29, 1.82) is 5.26 Å². The zero-order valence-electron chi connectivity index (χ0n) is 14.7. The Morgan fingerprint density at radius 3 is 2.04 bits per heavy atom. The van der Waals surface area contributed by atoms with E-state index in [2.05, 4.69) is 15.9 Å². The van der Waals surface area contributed by atoms with Crippen molar-refractivity contribution in [1.82, 2.24) is 14.7 Å². The van der Waals surface area contributed by atoms with Gasteiger partial charge in [-0.1, -0.05) is 6.07 Å². The number of nitriles is 1. The summed E-state index contributed by atoms with van der Waals surface area (Å²) in [5.41, 5.74) is 1.12. The molecule has 1 aromatic carbocycles. The molecule has 0 saturated carbocycles. The third-order valence-corrected chi connectivity index (χ3v) is 3.59. The second-order valence-corrected chi connectivity index (χ2v) is 6.30. The molecule has 126 valence electrons. The standard InChI is InChI=1S/C18H28N4O/c1-20(2)10-6-12-22(13-7-11-21(3)4)18(23)17-9-5-8-16(14-17)15-19/h5,8-9,14H,6-7,10-13H2,1-4H3. The van der Waals surface area contributed by atoms with Gasteiger partial charge >= 0.3 is 0 Å². The van der Waals surface area contributed by atoms with Crippen LogP contribution in [0.5, 0.6) is 0 Å². The Morgan fingerprint density at radius 2 is 1.57 bits per heavy atom. The van der Waals surface area contributed by atoms with Gasteiger partial charge in [0.2, 0.25) is 0 Å². The second-order valence-electron chi connectivity index (χ2n) is 6.30. The van der Waals surface area contributed by atoms with Crippen LogP contribution in [0.2, 0.25) is 0 Å². The van der Waals surface area contributed by atoms with Crippen molar-refractivity contribution >= 4 is 5.91 Å². The van der Waals surface area contributed by atoms with Crippen LogP contribution in [0.3, 0.4) is 0 Å². The Hall–Kier alpha value is -1.90. The summed E-state index contributed by atoms with van der Waals surface area (Å²) in [6.07, 6.45) is 1.89. The van der Waals surface area contributed by atoms with Gasteiger partial charge in [0.1, 0.15) is 0 Å². The number of benzene rings is 1. The normalized spacial score (nSPS) is 10.8. The van der Waals surface area contributed by atoms with Crippen LogP contribution in [0.15, 0.2) is 24.3 Å². The van der Waals surface area contributed by atoms with Gasteiger partial charge in [-0.05, 0) is 72.3 Å². The summed E-state index contributed by atoms with van der Waals surface area (Å²) in [5.74, 6) is 0.0135. The molecule has 0 aliphatic carbocycles. The van der Waals surface area contributed by atoms with Crippen LogP contribution in [0, 0.1) is 11.3 Å². The van der Waals surface area contributed by atoms with Gasteiger partial charge in [0, 0.05) is 18.7 Å². The molecule has 1 aromatic rings. The molecule has 0 aliphatic heterocycles. The van der Waals surface area contributed by atoms with Crippen LogP contribution < -0.4 is 0 Å². The SMILES string of the molecule is CN(C)CCCN(CCCN(C)C)C(=O)c1cccc(C#N)c1. The lowest BCUT2D eigenvalue weighted by molar-refractivity contribution is 0.0744. The van der Waals surface area contributed by atoms with Crippen molar-refractivity contribution < 1.29 is 4.79 Å². The first-order chi connectivity index (χ1) is 10.9. The minimum absolute atomic E-state index is 0.0135. The lowest BCUT2D eigenvalue weighted by Crippen LogP contribution is -2.35. The van der Waals surface area contributed by atoms with Crippen molar-refractivity contribution in [3.63, 3.8) is 0 Å². The van der Waals surface area contributed by atoms with E-state index >= 15 is 0 Å². The minimum Gasteiger partial charge on any atom is -0.339 e. The van der Waals surface area contributed by atoms with E-state index in [1.807, 2.05) is 33.1 Å². The zero-order chi connectivity index (χ0) is 17.2. The average Bonchev–Trinajstić information content (AvgIpc) is 2.52. The van der Waals surface area contributed by atoms with Gasteiger partial charge in [0.15, 0.2) is 0 Å². The fourth-order valence-corrected chi connectivity index (χ4v) is 2.37. The van der Waals surface area contributed by atoms with Crippen LogP contribution in [0.1, 0.15) is 28.8 Å². The predicted octanol–water partition coefficient (Wildman–Crippen LogP) is 1.90. The Kier molecular flexibility index (Phi) is 8.31. The molecule has 0 unspecified atom stereocenters. The molecule has 0 bridgehead atoms. The molecule has 0 saturated heterocycles. The summed E-state index contributed by atoms with van der Waals surface area (Å²) >= 11 is 0. The number of nitrogens with zero attached hydrogens (tertiary/aromatic N) is 4. The first kappa shape index (κ1) is 19.1. The second kappa shape index (κ2) is 9.98. The van der Waals surface area contributed by atoms with Crippen LogP contribution in [0.4, 0.5) is 0 Å². The molecule has 5 nitrogen and oxygen atoms in total. The molecular weight excluding hydrogens is 288 g/mol. The number of rotatable bonds is 9. The molecule has 0 atom stereocenters. The minimum atomic E-state index is 0.0135. The summed E-state index contributed by atoms with van der Waals surface area (Å²) in [5, 5.41) is 9.00. The number of hydrogen-bond acceptors (Lipinski definition) is 4. The highest BCUT2D eigenvalue weighted by atomic mass is 16.2. The molecule has 1 amide bonds. The third-order valence-electron chi connectivity index (χ3n) is 3.59. The Morgan fingerprint density at radius 1 is 1.00 bits per heavy atom. The predicted molar refractivity (Wildman–Crippen MR) is 93.4 cm³/mol. The molecule has 5 heteroatoms. The molecule has 0 spiro atoms. The molecule has 0 fully saturated rings. The number of amides is 1. The largest absolute Gasteiger partial charge is 0.339 e. The fraction of sp³-hybridized carbons (Fsp3) is 0.556. The lowest BCUT2D eigenvalue weighted by atomic mass is 10.1. The summed E-state index contributed by atoms with van der Waals surface area (Å²) in [6.45, 7) is 3.38. The van der Waals surface area contributed by atoms with Crippen molar-refractivity contribution in [2.45, 2.75) is 12.8 Å². The maximum atomic E-state index is 12.8. The van der Waals surface area contributed by atoms with Crippen LogP contribution in [-0.2, 0) is 0 Å². The summed E-state index contributed by atoms with van der Waals surface area (Å²) in [7, 11) is 8.15. The number of hydrogen-bond donors (Lipinski definition) is 0. The maximum Gasteiger partial charge on any atom is 0.253 e. The topological polar surface area (TPSA) is 50.6 Å². The van der Waals surface area contributed by atoms with E-state index < -0.39 is 0 Å². The van der Waals surface area contributed by atoms with Gasteiger partial charge in [-0.15, -0.1) is 0 Å². The Bertz CT molecular complexity index is 520.